The topological polar surface area (TPSA) is 29.9 Å². The molecule has 0 radical (unpaired) electrons. The van der Waals surface area contributed by atoms with Crippen LogP contribution in [0.5, 0.6) is 0 Å². The lowest BCUT2D eigenvalue weighted by atomic mass is 10.1. The first kappa shape index (κ1) is 14.2. The predicted molar refractivity (Wildman–Crippen MR) is 73.2 cm³/mol. The minimum absolute atomic E-state index is 0.198. The molecule has 0 amide bonds. The van der Waals surface area contributed by atoms with E-state index in [1.54, 1.807) is 0 Å². The molecule has 1 heterocycles. The van der Waals surface area contributed by atoms with Crippen molar-refractivity contribution in [1.29, 1.82) is 0 Å². The minimum Gasteiger partial charge on any atom is -0.334 e. The van der Waals surface area contributed by atoms with E-state index in [9.17, 15) is 0 Å². The molecular weight excluding hydrogens is 210 g/mol. The second-order valence-electron chi connectivity index (χ2n) is 6.33. The SMILES string of the molecule is CC(CNC(C)(C)C)Cn1ccnc1C(C)C. The van der Waals surface area contributed by atoms with Crippen molar-refractivity contribution in [2.75, 3.05) is 6.54 Å². The molecule has 0 aliphatic heterocycles. The van der Waals surface area contributed by atoms with Crippen LogP contribution in [0.15, 0.2) is 12.4 Å². The number of imidazole rings is 1. The molecule has 0 aliphatic rings. The van der Waals surface area contributed by atoms with Crippen LogP contribution in [0.3, 0.4) is 0 Å². The van der Waals surface area contributed by atoms with Gasteiger partial charge in [0.25, 0.3) is 0 Å². The molecule has 0 saturated heterocycles. The first-order valence-electron chi connectivity index (χ1n) is 6.55. The average Bonchev–Trinajstić information content (AvgIpc) is 2.62. The second-order valence-corrected chi connectivity index (χ2v) is 6.33. The number of nitrogens with zero attached hydrogens (tertiary/aromatic N) is 2. The largest absolute Gasteiger partial charge is 0.334 e. The molecular formula is C14H27N3. The van der Waals surface area contributed by atoms with E-state index in [1.807, 2.05) is 6.20 Å². The molecule has 0 fully saturated rings. The van der Waals surface area contributed by atoms with E-state index in [1.165, 1.54) is 5.82 Å². The Balaban J connectivity index is 2.50. The van der Waals surface area contributed by atoms with Gasteiger partial charge in [-0.05, 0) is 33.2 Å². The molecule has 1 aromatic heterocycles. The Hall–Kier alpha value is -0.830. The zero-order valence-electron chi connectivity index (χ0n) is 12.1. The Bertz CT molecular complexity index is 333. The van der Waals surface area contributed by atoms with Crippen molar-refractivity contribution in [3.63, 3.8) is 0 Å². The van der Waals surface area contributed by atoms with Gasteiger partial charge in [-0.15, -0.1) is 0 Å². The van der Waals surface area contributed by atoms with E-state index < -0.39 is 0 Å². The number of nitrogens with one attached hydrogen (secondary N) is 1. The van der Waals surface area contributed by atoms with E-state index in [4.69, 9.17) is 0 Å². The highest BCUT2D eigenvalue weighted by atomic mass is 15.1. The van der Waals surface area contributed by atoms with Gasteiger partial charge in [-0.3, -0.25) is 0 Å². The maximum absolute atomic E-state index is 4.42. The molecule has 0 spiro atoms. The van der Waals surface area contributed by atoms with Gasteiger partial charge in [0, 0.05) is 30.4 Å². The molecule has 1 unspecified atom stereocenters. The van der Waals surface area contributed by atoms with Crippen LogP contribution in [0, 0.1) is 5.92 Å². The average molecular weight is 237 g/mol. The highest BCUT2D eigenvalue weighted by Crippen LogP contribution is 2.13. The Labute approximate surface area is 106 Å². The van der Waals surface area contributed by atoms with Crippen LogP contribution in [0.25, 0.3) is 0 Å². The zero-order chi connectivity index (χ0) is 13.1. The van der Waals surface area contributed by atoms with Crippen LogP contribution in [0.2, 0.25) is 0 Å². The first-order chi connectivity index (χ1) is 7.79. The van der Waals surface area contributed by atoms with Crippen LogP contribution in [-0.4, -0.2) is 21.6 Å². The summed E-state index contributed by atoms with van der Waals surface area (Å²) in [6.07, 6.45) is 3.99. The monoisotopic (exact) mass is 237 g/mol. The van der Waals surface area contributed by atoms with Gasteiger partial charge in [-0.2, -0.15) is 0 Å². The normalized spacial score (nSPS) is 14.3. The molecule has 1 atom stereocenters. The molecule has 0 bridgehead atoms. The molecule has 3 nitrogen and oxygen atoms in total. The smallest absolute Gasteiger partial charge is 0.111 e. The fourth-order valence-corrected chi connectivity index (χ4v) is 1.86. The van der Waals surface area contributed by atoms with Crippen molar-refractivity contribution >= 4 is 0 Å². The quantitative estimate of drug-likeness (QED) is 0.853. The molecule has 98 valence electrons. The molecule has 0 saturated carbocycles. The molecule has 17 heavy (non-hydrogen) atoms. The van der Waals surface area contributed by atoms with Gasteiger partial charge in [0.05, 0.1) is 0 Å². The third kappa shape index (κ3) is 4.90. The molecule has 1 aromatic rings. The Kier molecular flexibility index (Phi) is 4.75. The van der Waals surface area contributed by atoms with Gasteiger partial charge in [-0.25, -0.2) is 4.98 Å². The number of hydrogen-bond acceptors (Lipinski definition) is 2. The highest BCUT2D eigenvalue weighted by molar-refractivity contribution is 4.97. The van der Waals surface area contributed by atoms with Gasteiger partial charge in [0.1, 0.15) is 5.82 Å². The summed E-state index contributed by atoms with van der Waals surface area (Å²) in [4.78, 5) is 4.42. The third-order valence-electron chi connectivity index (χ3n) is 2.75. The van der Waals surface area contributed by atoms with Gasteiger partial charge in [-0.1, -0.05) is 20.8 Å². The molecule has 0 aliphatic carbocycles. The minimum atomic E-state index is 0.198. The fourth-order valence-electron chi connectivity index (χ4n) is 1.86. The van der Waals surface area contributed by atoms with Crippen molar-refractivity contribution in [3.05, 3.63) is 18.2 Å². The summed E-state index contributed by atoms with van der Waals surface area (Å²) < 4.78 is 2.28. The van der Waals surface area contributed by atoms with Crippen LogP contribution < -0.4 is 5.32 Å². The van der Waals surface area contributed by atoms with Gasteiger partial charge in [0.15, 0.2) is 0 Å². The maximum atomic E-state index is 4.42. The van der Waals surface area contributed by atoms with Gasteiger partial charge in [0.2, 0.25) is 0 Å². The zero-order valence-corrected chi connectivity index (χ0v) is 12.1. The fraction of sp³-hybridized carbons (Fsp3) is 0.786. The van der Waals surface area contributed by atoms with Gasteiger partial charge >= 0.3 is 0 Å². The van der Waals surface area contributed by atoms with Crippen LogP contribution in [0.4, 0.5) is 0 Å². The van der Waals surface area contributed by atoms with E-state index in [-0.39, 0.29) is 5.54 Å². The summed E-state index contributed by atoms with van der Waals surface area (Å²) in [6.45, 7) is 15.4. The second kappa shape index (κ2) is 5.67. The van der Waals surface area contributed by atoms with E-state index in [0.29, 0.717) is 11.8 Å². The lowest BCUT2D eigenvalue weighted by Crippen LogP contribution is -2.39. The predicted octanol–water partition coefficient (Wildman–Crippen LogP) is 3.03. The molecule has 1 rings (SSSR count). The molecule has 1 N–H and O–H groups in total. The lowest BCUT2D eigenvalue weighted by molar-refractivity contribution is 0.357. The first-order valence-corrected chi connectivity index (χ1v) is 6.55. The summed E-state index contributed by atoms with van der Waals surface area (Å²) in [5.74, 6) is 2.29. The number of hydrogen-bond donors (Lipinski definition) is 1. The number of rotatable bonds is 5. The molecule has 3 heteroatoms. The summed E-state index contributed by atoms with van der Waals surface area (Å²) >= 11 is 0. The van der Waals surface area contributed by atoms with Crippen LogP contribution >= 0.6 is 0 Å². The summed E-state index contributed by atoms with van der Waals surface area (Å²) in [6, 6.07) is 0. The van der Waals surface area contributed by atoms with Crippen molar-refractivity contribution in [2.45, 2.75) is 59.5 Å². The highest BCUT2D eigenvalue weighted by Gasteiger charge is 2.13. The van der Waals surface area contributed by atoms with Crippen molar-refractivity contribution in [1.82, 2.24) is 14.9 Å². The van der Waals surface area contributed by atoms with Crippen molar-refractivity contribution in [2.24, 2.45) is 5.92 Å². The summed E-state index contributed by atoms with van der Waals surface area (Å²) in [7, 11) is 0. The third-order valence-corrected chi connectivity index (χ3v) is 2.75. The van der Waals surface area contributed by atoms with E-state index in [0.717, 1.165) is 13.1 Å². The van der Waals surface area contributed by atoms with Crippen LogP contribution in [-0.2, 0) is 6.54 Å². The standard InChI is InChI=1S/C14H27N3/c1-11(2)13-15-7-8-17(13)10-12(3)9-16-14(4,5)6/h7-8,11-12,16H,9-10H2,1-6H3. The van der Waals surface area contributed by atoms with Crippen molar-refractivity contribution in [3.8, 4) is 0 Å². The van der Waals surface area contributed by atoms with Gasteiger partial charge < -0.3 is 9.88 Å². The van der Waals surface area contributed by atoms with Crippen molar-refractivity contribution < 1.29 is 0 Å². The summed E-state index contributed by atoms with van der Waals surface area (Å²) in [5, 5.41) is 3.55. The lowest BCUT2D eigenvalue weighted by Gasteiger charge is -2.24. The number of aromatic nitrogens is 2. The Morgan fingerprint density at radius 2 is 1.94 bits per heavy atom. The van der Waals surface area contributed by atoms with Crippen LogP contribution in [0.1, 0.15) is 53.3 Å². The summed E-state index contributed by atoms with van der Waals surface area (Å²) in [5.41, 5.74) is 0.198. The van der Waals surface area contributed by atoms with E-state index in [2.05, 4.69) is 62.6 Å². The Morgan fingerprint density at radius 3 is 2.47 bits per heavy atom. The van der Waals surface area contributed by atoms with E-state index >= 15 is 0 Å². The maximum Gasteiger partial charge on any atom is 0.111 e. The Morgan fingerprint density at radius 1 is 1.29 bits per heavy atom. The molecule has 0 aromatic carbocycles.